The summed E-state index contributed by atoms with van der Waals surface area (Å²) in [5, 5.41) is 0. The molecule has 0 heterocycles. The highest BCUT2D eigenvalue weighted by Crippen LogP contribution is 2.37. The van der Waals surface area contributed by atoms with Crippen molar-refractivity contribution in [2.24, 2.45) is 5.92 Å². The Morgan fingerprint density at radius 2 is 1.86 bits per heavy atom. The summed E-state index contributed by atoms with van der Waals surface area (Å²) < 4.78 is 5.61. The minimum absolute atomic E-state index is 0.754. The maximum absolute atomic E-state index is 5.61. The Kier molecular flexibility index (Phi) is 7.73. The van der Waals surface area contributed by atoms with Gasteiger partial charge in [-0.3, -0.25) is 0 Å². The van der Waals surface area contributed by atoms with Crippen molar-refractivity contribution in [2.75, 3.05) is 6.61 Å². The van der Waals surface area contributed by atoms with Gasteiger partial charge < -0.3 is 4.74 Å². The molecule has 0 aromatic heterocycles. The highest BCUT2D eigenvalue weighted by Gasteiger charge is 2.21. The van der Waals surface area contributed by atoms with Crippen LogP contribution in [0.15, 0.2) is 36.9 Å². The van der Waals surface area contributed by atoms with Crippen LogP contribution in [0.3, 0.4) is 0 Å². The summed E-state index contributed by atoms with van der Waals surface area (Å²) in [6, 6.07) is 9.16. The van der Waals surface area contributed by atoms with Gasteiger partial charge in [0, 0.05) is 6.61 Å². The van der Waals surface area contributed by atoms with Gasteiger partial charge >= 0.3 is 0 Å². The van der Waals surface area contributed by atoms with Gasteiger partial charge in [0.05, 0.1) is 6.61 Å². The fourth-order valence-electron chi connectivity index (χ4n) is 3.56. The number of allylic oxidation sites excluding steroid dienone is 1. The van der Waals surface area contributed by atoms with Crippen LogP contribution in [-0.4, -0.2) is 6.61 Å². The molecule has 0 bridgehead atoms. The van der Waals surface area contributed by atoms with E-state index in [2.05, 4.69) is 43.8 Å². The largest absolute Gasteiger partial charge is 0.377 e. The quantitative estimate of drug-likeness (QED) is 0.387. The van der Waals surface area contributed by atoms with Gasteiger partial charge in [0.15, 0.2) is 0 Å². The molecule has 122 valence electrons. The fourth-order valence-corrected chi connectivity index (χ4v) is 3.56. The molecular formula is C21H32O. The standard InChI is InChI=1S/C21H32O/c1-3-5-6-7-18-8-12-20(13-9-18)21-14-10-19(11-15-21)17-22-16-4-2/h3,10-11,14-15,18,20H,1,4-9,12-13,16-17H2,2H3/t18-,20-. The van der Waals surface area contributed by atoms with Crippen molar-refractivity contribution < 1.29 is 4.74 Å². The van der Waals surface area contributed by atoms with Crippen molar-refractivity contribution in [3.63, 3.8) is 0 Å². The Morgan fingerprint density at radius 3 is 2.50 bits per heavy atom. The van der Waals surface area contributed by atoms with Gasteiger partial charge in [-0.15, -0.1) is 6.58 Å². The fraction of sp³-hybridized carbons (Fsp3) is 0.619. The third-order valence-corrected chi connectivity index (χ3v) is 4.94. The third-order valence-electron chi connectivity index (χ3n) is 4.94. The van der Waals surface area contributed by atoms with Crippen molar-refractivity contribution >= 4 is 0 Å². The Balaban J connectivity index is 1.75. The third kappa shape index (κ3) is 5.61. The first-order valence-electron chi connectivity index (χ1n) is 9.11. The van der Waals surface area contributed by atoms with Crippen molar-refractivity contribution in [1.29, 1.82) is 0 Å². The zero-order chi connectivity index (χ0) is 15.6. The monoisotopic (exact) mass is 300 g/mol. The second-order valence-corrected chi connectivity index (χ2v) is 6.73. The molecule has 1 fully saturated rings. The summed E-state index contributed by atoms with van der Waals surface area (Å²) >= 11 is 0. The van der Waals surface area contributed by atoms with Gasteiger partial charge in [0.25, 0.3) is 0 Å². The summed E-state index contributed by atoms with van der Waals surface area (Å²) in [6.07, 6.45) is 12.6. The maximum atomic E-state index is 5.61. The first-order valence-corrected chi connectivity index (χ1v) is 9.11. The minimum atomic E-state index is 0.754. The second kappa shape index (κ2) is 9.84. The first-order chi connectivity index (χ1) is 10.8. The predicted octanol–water partition coefficient (Wildman–Crippen LogP) is 6.24. The van der Waals surface area contributed by atoms with E-state index in [9.17, 15) is 0 Å². The lowest BCUT2D eigenvalue weighted by atomic mass is 9.77. The molecule has 22 heavy (non-hydrogen) atoms. The number of hydrogen-bond donors (Lipinski definition) is 0. The van der Waals surface area contributed by atoms with E-state index in [0.717, 1.165) is 31.5 Å². The van der Waals surface area contributed by atoms with Crippen LogP contribution in [0.4, 0.5) is 0 Å². The van der Waals surface area contributed by atoms with E-state index in [1.807, 2.05) is 0 Å². The first kappa shape index (κ1) is 17.3. The molecule has 1 aromatic rings. The van der Waals surface area contributed by atoms with E-state index in [4.69, 9.17) is 4.74 Å². The highest BCUT2D eigenvalue weighted by atomic mass is 16.5. The van der Waals surface area contributed by atoms with Crippen LogP contribution < -0.4 is 0 Å². The average molecular weight is 300 g/mol. The molecule has 2 rings (SSSR count). The van der Waals surface area contributed by atoms with Crippen molar-refractivity contribution in [3.05, 3.63) is 48.0 Å². The van der Waals surface area contributed by atoms with Crippen LogP contribution in [0.2, 0.25) is 0 Å². The number of rotatable bonds is 9. The molecule has 1 aliphatic rings. The molecule has 0 atom stereocenters. The Morgan fingerprint density at radius 1 is 1.14 bits per heavy atom. The molecule has 1 aromatic carbocycles. The van der Waals surface area contributed by atoms with Gasteiger partial charge in [0.2, 0.25) is 0 Å². The molecule has 0 radical (unpaired) electrons. The second-order valence-electron chi connectivity index (χ2n) is 6.73. The van der Waals surface area contributed by atoms with Crippen LogP contribution in [0.1, 0.15) is 75.3 Å². The van der Waals surface area contributed by atoms with E-state index in [0.29, 0.717) is 0 Å². The van der Waals surface area contributed by atoms with Gasteiger partial charge in [-0.1, -0.05) is 43.7 Å². The summed E-state index contributed by atoms with van der Waals surface area (Å²) in [6.45, 7) is 7.58. The molecule has 0 N–H and O–H groups in total. The van der Waals surface area contributed by atoms with Crippen LogP contribution in [0.5, 0.6) is 0 Å². The van der Waals surface area contributed by atoms with E-state index < -0.39 is 0 Å². The van der Waals surface area contributed by atoms with Gasteiger partial charge in [-0.2, -0.15) is 0 Å². The summed E-state index contributed by atoms with van der Waals surface area (Å²) in [5.41, 5.74) is 2.83. The SMILES string of the molecule is C=CCCC[C@H]1CC[C@H](c2ccc(COCCC)cc2)CC1. The Bertz CT molecular complexity index is 412. The molecule has 1 saturated carbocycles. The van der Waals surface area contributed by atoms with E-state index in [-0.39, 0.29) is 0 Å². The molecule has 0 unspecified atom stereocenters. The zero-order valence-corrected chi connectivity index (χ0v) is 14.2. The number of hydrogen-bond acceptors (Lipinski definition) is 1. The van der Waals surface area contributed by atoms with E-state index >= 15 is 0 Å². The van der Waals surface area contributed by atoms with Crippen LogP contribution in [0, 0.1) is 5.92 Å². The van der Waals surface area contributed by atoms with Crippen molar-refractivity contribution in [1.82, 2.24) is 0 Å². The number of ether oxygens (including phenoxy) is 1. The topological polar surface area (TPSA) is 9.23 Å². The van der Waals surface area contributed by atoms with Crippen molar-refractivity contribution in [2.45, 2.75) is 70.8 Å². The van der Waals surface area contributed by atoms with Gasteiger partial charge in [-0.25, -0.2) is 0 Å². The average Bonchev–Trinajstić information content (AvgIpc) is 2.57. The Hall–Kier alpha value is -1.08. The summed E-state index contributed by atoms with van der Waals surface area (Å²) in [4.78, 5) is 0. The molecule has 1 heteroatoms. The van der Waals surface area contributed by atoms with Crippen molar-refractivity contribution in [3.8, 4) is 0 Å². The predicted molar refractivity (Wildman–Crippen MR) is 95.1 cm³/mol. The Labute approximate surface area is 136 Å². The molecule has 0 saturated heterocycles. The van der Waals surface area contributed by atoms with Gasteiger partial charge in [0.1, 0.15) is 0 Å². The minimum Gasteiger partial charge on any atom is -0.377 e. The number of unbranched alkanes of at least 4 members (excludes halogenated alkanes) is 1. The highest BCUT2D eigenvalue weighted by molar-refractivity contribution is 5.25. The van der Waals surface area contributed by atoms with Gasteiger partial charge in [-0.05, 0) is 67.9 Å². The van der Waals surface area contributed by atoms with E-state index in [1.54, 1.807) is 0 Å². The molecule has 0 amide bonds. The lowest BCUT2D eigenvalue weighted by Crippen LogP contribution is -2.13. The van der Waals surface area contributed by atoms with Crippen LogP contribution in [-0.2, 0) is 11.3 Å². The maximum Gasteiger partial charge on any atom is 0.0716 e. The lowest BCUT2D eigenvalue weighted by molar-refractivity contribution is 0.121. The molecule has 0 aliphatic heterocycles. The summed E-state index contributed by atoms with van der Waals surface area (Å²) in [7, 11) is 0. The number of benzene rings is 1. The molecule has 1 nitrogen and oxygen atoms in total. The lowest BCUT2D eigenvalue weighted by Gasteiger charge is -2.29. The van der Waals surface area contributed by atoms with Crippen LogP contribution in [0.25, 0.3) is 0 Å². The zero-order valence-electron chi connectivity index (χ0n) is 14.2. The van der Waals surface area contributed by atoms with E-state index in [1.165, 1.54) is 56.1 Å². The van der Waals surface area contributed by atoms with Crippen LogP contribution >= 0.6 is 0 Å². The smallest absolute Gasteiger partial charge is 0.0716 e. The molecular weight excluding hydrogens is 268 g/mol. The molecule has 0 spiro atoms. The molecule has 1 aliphatic carbocycles. The summed E-state index contributed by atoms with van der Waals surface area (Å²) in [5.74, 6) is 1.74. The normalized spacial score (nSPS) is 21.7.